The third-order valence-corrected chi connectivity index (χ3v) is 14.2. The van der Waals surface area contributed by atoms with Crippen LogP contribution in [-0.2, 0) is 16.1 Å². The summed E-state index contributed by atoms with van der Waals surface area (Å²) in [6.45, 7) is 17.0. The van der Waals surface area contributed by atoms with E-state index in [1.165, 1.54) is 5.57 Å². The Kier molecular flexibility index (Phi) is 6.76. The van der Waals surface area contributed by atoms with Gasteiger partial charge in [-0.15, -0.1) is 0 Å². The van der Waals surface area contributed by atoms with Crippen molar-refractivity contribution in [3.05, 3.63) is 47.5 Å². The van der Waals surface area contributed by atoms with Gasteiger partial charge in [0.1, 0.15) is 6.61 Å². The first-order valence-electron chi connectivity index (χ1n) is 16.4. The Balaban J connectivity index is 1.37. The topological polar surface area (TPSA) is 66.8 Å². The number of esters is 1. The number of fused-ring (bicyclic) bond motifs is 7. The van der Waals surface area contributed by atoms with Crippen molar-refractivity contribution in [2.75, 3.05) is 0 Å². The van der Waals surface area contributed by atoms with E-state index in [9.17, 15) is 15.0 Å². The Morgan fingerprint density at radius 3 is 2.27 bits per heavy atom. The summed E-state index contributed by atoms with van der Waals surface area (Å²) < 4.78 is 6.15. The van der Waals surface area contributed by atoms with Gasteiger partial charge < -0.3 is 14.9 Å². The molecule has 0 amide bonds. The van der Waals surface area contributed by atoms with E-state index in [2.05, 4.69) is 54.5 Å². The van der Waals surface area contributed by atoms with E-state index in [4.69, 9.17) is 4.74 Å². The van der Waals surface area contributed by atoms with Crippen LogP contribution >= 0.6 is 0 Å². The number of rotatable bonds is 3. The van der Waals surface area contributed by atoms with Gasteiger partial charge in [0.15, 0.2) is 0 Å². The molecule has 4 nitrogen and oxygen atoms in total. The Morgan fingerprint density at radius 1 is 0.878 bits per heavy atom. The predicted molar refractivity (Wildman–Crippen MR) is 163 cm³/mol. The molecule has 41 heavy (non-hydrogen) atoms. The van der Waals surface area contributed by atoms with Crippen molar-refractivity contribution in [1.29, 1.82) is 0 Å². The van der Waals surface area contributed by atoms with E-state index in [-0.39, 0.29) is 39.0 Å². The normalized spacial score (nSPS) is 46.2. The summed E-state index contributed by atoms with van der Waals surface area (Å²) in [7, 11) is 0. The molecule has 5 aliphatic carbocycles. The smallest absolute Gasteiger partial charge is 0.313 e. The number of carbonyl (C=O) groups excluding carboxylic acids is 1. The minimum Gasteiger partial charge on any atom is -0.460 e. The molecule has 226 valence electrons. The number of benzene rings is 1. The molecule has 0 bridgehead atoms. The maximum atomic E-state index is 14.2. The Morgan fingerprint density at radius 2 is 1.56 bits per heavy atom. The fourth-order valence-corrected chi connectivity index (χ4v) is 11.6. The number of ether oxygens (including phenoxy) is 1. The molecule has 0 radical (unpaired) electrons. The zero-order valence-electron chi connectivity index (χ0n) is 26.6. The molecule has 0 spiro atoms. The lowest BCUT2D eigenvalue weighted by Gasteiger charge is -2.71. The van der Waals surface area contributed by atoms with Crippen molar-refractivity contribution in [1.82, 2.24) is 0 Å². The molecule has 1 aromatic rings. The third kappa shape index (κ3) is 4.09. The van der Waals surface area contributed by atoms with Crippen molar-refractivity contribution < 1.29 is 19.7 Å². The largest absolute Gasteiger partial charge is 0.460 e. The molecule has 4 heteroatoms. The molecular formula is C37H54O4. The highest BCUT2D eigenvalue weighted by atomic mass is 16.5. The first kappa shape index (κ1) is 29.4. The number of carbonyl (C=O) groups is 1. The van der Waals surface area contributed by atoms with Crippen LogP contribution in [0.1, 0.15) is 112 Å². The summed E-state index contributed by atoms with van der Waals surface area (Å²) in [4.78, 5) is 14.2. The standard InChI is InChI=1S/C37H54O4/c1-32(2)17-19-37(31(40)41-23-24-11-9-8-10-12-24)20-18-35(6)25(26(37)21-32)13-14-29-34(5)22-27(38)30(39)33(3,4)28(34)15-16-36(29,35)7/h8-13,26-30,38-39H,14-23H2,1-7H3/t26-,27-,28-,29+,30-,34-,35+,36+,37-/m0/s1. The average Bonchev–Trinajstić information content (AvgIpc) is 2.91. The fraction of sp³-hybridized carbons (Fsp3) is 0.757. The quantitative estimate of drug-likeness (QED) is 0.291. The monoisotopic (exact) mass is 562 g/mol. The minimum absolute atomic E-state index is 0.0103. The summed E-state index contributed by atoms with van der Waals surface area (Å²) in [5.41, 5.74) is 2.09. The first-order chi connectivity index (χ1) is 19.1. The molecule has 0 saturated heterocycles. The van der Waals surface area contributed by atoms with Crippen LogP contribution in [0, 0.1) is 50.2 Å². The number of aliphatic hydroxyl groups excluding tert-OH is 2. The summed E-state index contributed by atoms with van der Waals surface area (Å²) in [5.74, 6) is 1.05. The van der Waals surface area contributed by atoms with Gasteiger partial charge in [0.05, 0.1) is 17.6 Å². The van der Waals surface area contributed by atoms with Crippen LogP contribution in [0.5, 0.6) is 0 Å². The van der Waals surface area contributed by atoms with Gasteiger partial charge in [-0.1, -0.05) is 90.4 Å². The number of hydrogen-bond acceptors (Lipinski definition) is 4. The highest BCUT2D eigenvalue weighted by Gasteiger charge is 2.70. The molecule has 0 aromatic heterocycles. The highest BCUT2D eigenvalue weighted by molar-refractivity contribution is 5.79. The summed E-state index contributed by atoms with van der Waals surface area (Å²) in [5, 5.41) is 22.1. The fourth-order valence-electron chi connectivity index (χ4n) is 11.6. The van der Waals surface area contributed by atoms with Gasteiger partial charge in [-0.25, -0.2) is 0 Å². The average molecular weight is 563 g/mol. The van der Waals surface area contributed by atoms with E-state index in [1.807, 2.05) is 30.3 Å². The Bertz CT molecular complexity index is 1220. The molecule has 6 rings (SSSR count). The van der Waals surface area contributed by atoms with Gasteiger partial charge in [0, 0.05) is 0 Å². The van der Waals surface area contributed by atoms with Gasteiger partial charge in [0.2, 0.25) is 0 Å². The van der Waals surface area contributed by atoms with Crippen LogP contribution in [0.15, 0.2) is 42.0 Å². The van der Waals surface area contributed by atoms with Crippen molar-refractivity contribution in [3.8, 4) is 0 Å². The second-order valence-electron chi connectivity index (χ2n) is 17.0. The number of hydrogen-bond donors (Lipinski definition) is 2. The van der Waals surface area contributed by atoms with Crippen LogP contribution in [-0.4, -0.2) is 28.4 Å². The molecule has 0 heterocycles. The van der Waals surface area contributed by atoms with Gasteiger partial charge in [-0.3, -0.25) is 4.79 Å². The SMILES string of the molecule is CC1(C)CC[C@]2(C(=O)OCc3ccccc3)CC[C@]3(C)C(=CC[C@@H]4[C@@]5(C)C[C@H](O)[C@H](O)C(C)(C)[C@@H]5CC[C@]43C)[C@@H]2C1. The summed E-state index contributed by atoms with van der Waals surface area (Å²) in [6.07, 6.45) is 10.0. The summed E-state index contributed by atoms with van der Waals surface area (Å²) in [6, 6.07) is 10.1. The van der Waals surface area contributed by atoms with Crippen LogP contribution < -0.4 is 0 Å². The van der Waals surface area contributed by atoms with Crippen LogP contribution in [0.3, 0.4) is 0 Å². The minimum atomic E-state index is -0.677. The molecule has 0 unspecified atom stereocenters. The molecule has 5 aliphatic rings. The predicted octanol–water partition coefficient (Wildman–Crippen LogP) is 7.86. The Hall–Kier alpha value is -1.65. The van der Waals surface area contributed by atoms with Crippen LogP contribution in [0.2, 0.25) is 0 Å². The van der Waals surface area contributed by atoms with Crippen LogP contribution in [0.25, 0.3) is 0 Å². The molecule has 9 atom stereocenters. The van der Waals surface area contributed by atoms with E-state index in [0.717, 1.165) is 56.9 Å². The van der Waals surface area contributed by atoms with E-state index < -0.39 is 17.6 Å². The molecule has 4 fully saturated rings. The lowest BCUT2D eigenvalue weighted by molar-refractivity contribution is -0.232. The van der Waals surface area contributed by atoms with Crippen molar-refractivity contribution in [2.45, 2.75) is 125 Å². The molecular weight excluding hydrogens is 508 g/mol. The van der Waals surface area contributed by atoms with E-state index >= 15 is 0 Å². The summed E-state index contributed by atoms with van der Waals surface area (Å²) >= 11 is 0. The highest BCUT2D eigenvalue weighted by Crippen LogP contribution is 2.75. The van der Waals surface area contributed by atoms with Crippen molar-refractivity contribution in [2.24, 2.45) is 50.2 Å². The lowest BCUT2D eigenvalue weighted by atomic mass is 9.33. The number of allylic oxidation sites excluding steroid dienone is 2. The number of aliphatic hydroxyl groups is 2. The molecule has 2 N–H and O–H groups in total. The second-order valence-corrected chi connectivity index (χ2v) is 17.0. The Labute approximate surface area is 248 Å². The van der Waals surface area contributed by atoms with Gasteiger partial charge in [-0.2, -0.15) is 0 Å². The zero-order chi connectivity index (χ0) is 29.6. The third-order valence-electron chi connectivity index (χ3n) is 14.2. The van der Waals surface area contributed by atoms with Crippen molar-refractivity contribution >= 4 is 5.97 Å². The molecule has 0 aliphatic heterocycles. The maximum Gasteiger partial charge on any atom is 0.313 e. The molecule has 4 saturated carbocycles. The van der Waals surface area contributed by atoms with Crippen LogP contribution in [0.4, 0.5) is 0 Å². The van der Waals surface area contributed by atoms with Gasteiger partial charge in [-0.05, 0) is 108 Å². The zero-order valence-corrected chi connectivity index (χ0v) is 26.6. The van der Waals surface area contributed by atoms with Gasteiger partial charge >= 0.3 is 5.97 Å². The van der Waals surface area contributed by atoms with E-state index in [0.29, 0.717) is 24.9 Å². The second kappa shape index (κ2) is 9.42. The molecule has 1 aromatic carbocycles. The lowest BCUT2D eigenvalue weighted by Crippen LogP contribution is -2.67. The first-order valence-corrected chi connectivity index (χ1v) is 16.4. The van der Waals surface area contributed by atoms with Gasteiger partial charge in [0.25, 0.3) is 0 Å². The van der Waals surface area contributed by atoms with E-state index in [1.54, 1.807) is 0 Å². The maximum absolute atomic E-state index is 14.2. The van der Waals surface area contributed by atoms with Crippen molar-refractivity contribution in [3.63, 3.8) is 0 Å².